The fourth-order valence-electron chi connectivity index (χ4n) is 3.39. The monoisotopic (exact) mass is 584 g/mol. The van der Waals surface area contributed by atoms with Crippen molar-refractivity contribution in [3.05, 3.63) is 118 Å². The van der Waals surface area contributed by atoms with Gasteiger partial charge in [-0.05, 0) is 72.3 Å². The Morgan fingerprint density at radius 1 is 0.833 bits per heavy atom. The molecule has 0 bridgehead atoms. The first-order valence-corrected chi connectivity index (χ1v) is 13.5. The molecule has 4 rings (SSSR count). The molecule has 6 nitrogen and oxygen atoms in total. The molecule has 0 aliphatic rings. The maximum absolute atomic E-state index is 13.4. The molecule has 184 valence electrons. The van der Waals surface area contributed by atoms with Gasteiger partial charge in [-0.3, -0.25) is 4.79 Å². The van der Waals surface area contributed by atoms with Crippen LogP contribution in [0.15, 0.2) is 112 Å². The molecule has 1 N–H and O–H groups in total. The van der Waals surface area contributed by atoms with Crippen LogP contribution in [-0.2, 0) is 21.4 Å². The van der Waals surface area contributed by atoms with Crippen LogP contribution in [0, 0.1) is 0 Å². The summed E-state index contributed by atoms with van der Waals surface area (Å²) in [6.45, 7) is -0.457. The molecule has 0 heterocycles. The van der Waals surface area contributed by atoms with Crippen LogP contribution in [0.3, 0.4) is 0 Å². The molecule has 0 aromatic heterocycles. The van der Waals surface area contributed by atoms with Gasteiger partial charge in [0.05, 0.1) is 11.4 Å². The molecule has 4 aromatic rings. The second-order valence-electron chi connectivity index (χ2n) is 7.81. The minimum atomic E-state index is -3.99. The van der Waals surface area contributed by atoms with E-state index in [0.717, 1.165) is 8.78 Å². The Morgan fingerprint density at radius 3 is 2.11 bits per heavy atom. The van der Waals surface area contributed by atoms with Gasteiger partial charge in [0.1, 0.15) is 11.5 Å². The molecule has 1 amide bonds. The quantitative estimate of drug-likeness (QED) is 0.236. The maximum Gasteiger partial charge on any atom is 0.243 e. The summed E-state index contributed by atoms with van der Waals surface area (Å²) < 4.78 is 34.5. The summed E-state index contributed by atoms with van der Waals surface area (Å²) in [5.74, 6) is 0.819. The molecule has 0 spiro atoms. The van der Waals surface area contributed by atoms with Gasteiger partial charge in [-0.25, -0.2) is 8.42 Å². The van der Waals surface area contributed by atoms with Crippen LogP contribution in [0.1, 0.15) is 5.56 Å². The molecule has 0 aliphatic heterocycles. The van der Waals surface area contributed by atoms with E-state index >= 15 is 0 Å². The maximum atomic E-state index is 13.4. The summed E-state index contributed by atoms with van der Waals surface area (Å²) in [5.41, 5.74) is 1.11. The van der Waals surface area contributed by atoms with Gasteiger partial charge in [-0.1, -0.05) is 63.9 Å². The number of sulfonamides is 1. The third-order valence-electron chi connectivity index (χ3n) is 5.19. The van der Waals surface area contributed by atoms with Crippen molar-refractivity contribution in [2.45, 2.75) is 11.4 Å². The topological polar surface area (TPSA) is 75.7 Å². The van der Waals surface area contributed by atoms with Crippen molar-refractivity contribution in [2.75, 3.05) is 11.9 Å². The molecule has 9 heteroatoms. The predicted molar refractivity (Wildman–Crippen MR) is 145 cm³/mol. The third-order valence-corrected chi connectivity index (χ3v) is 7.90. The number of para-hydroxylation sites is 1. The number of halogens is 2. The van der Waals surface area contributed by atoms with Crippen LogP contribution < -0.4 is 10.1 Å². The number of nitrogens with zero attached hydrogens (tertiary/aromatic N) is 1. The van der Waals surface area contributed by atoms with Crippen LogP contribution in [0.2, 0.25) is 5.02 Å². The lowest BCUT2D eigenvalue weighted by atomic mass is 10.2. The average molecular weight is 586 g/mol. The minimum absolute atomic E-state index is 0.0602. The number of carbonyl (C=O) groups excluding carboxylic acids is 1. The lowest BCUT2D eigenvalue weighted by Crippen LogP contribution is -2.37. The molecule has 0 atom stereocenters. The van der Waals surface area contributed by atoms with Gasteiger partial charge in [0, 0.05) is 21.7 Å². The van der Waals surface area contributed by atoms with Gasteiger partial charge in [0.25, 0.3) is 0 Å². The summed E-state index contributed by atoms with van der Waals surface area (Å²) in [6, 6.07) is 29.4. The fraction of sp³-hybridized carbons (Fsp3) is 0.0741. The van der Waals surface area contributed by atoms with E-state index in [9.17, 15) is 13.2 Å². The molecule has 0 fully saturated rings. The highest BCUT2D eigenvalue weighted by molar-refractivity contribution is 9.10. The molecule has 4 aromatic carbocycles. The van der Waals surface area contributed by atoms with E-state index in [4.69, 9.17) is 16.3 Å². The Hall–Kier alpha value is -3.17. The average Bonchev–Trinajstić information content (AvgIpc) is 2.87. The van der Waals surface area contributed by atoms with Crippen molar-refractivity contribution in [3.8, 4) is 11.5 Å². The zero-order valence-electron chi connectivity index (χ0n) is 19.0. The summed E-state index contributed by atoms with van der Waals surface area (Å²) in [7, 11) is -3.99. The predicted octanol–water partition coefficient (Wildman–Crippen LogP) is 6.72. The smallest absolute Gasteiger partial charge is 0.243 e. The van der Waals surface area contributed by atoms with Gasteiger partial charge in [-0.15, -0.1) is 0 Å². The molecular formula is C27H22BrClN2O4S. The van der Waals surface area contributed by atoms with E-state index in [0.29, 0.717) is 27.8 Å². The number of rotatable bonds is 9. The Kier molecular flexibility index (Phi) is 8.43. The molecule has 0 saturated carbocycles. The standard InChI is InChI=1S/C27H22BrClN2O4S/c28-21-10-16-25(17-11-21)36(33,34)31(18-20-6-4-5-9-26(20)29)19-27(32)30-22-12-14-24(15-13-22)35-23-7-2-1-3-8-23/h1-17H,18-19H2,(H,30,32). The number of carbonyl (C=O) groups is 1. The van der Waals surface area contributed by atoms with Gasteiger partial charge in [-0.2, -0.15) is 4.31 Å². The second-order valence-corrected chi connectivity index (χ2v) is 11.1. The van der Waals surface area contributed by atoms with E-state index in [-0.39, 0.29) is 11.4 Å². The Bertz CT molecular complexity index is 1430. The largest absolute Gasteiger partial charge is 0.457 e. The third kappa shape index (κ3) is 6.73. The summed E-state index contributed by atoms with van der Waals surface area (Å²) in [4.78, 5) is 13.0. The normalized spacial score (nSPS) is 11.3. The SMILES string of the molecule is O=C(CN(Cc1ccccc1Cl)S(=O)(=O)c1ccc(Br)cc1)Nc1ccc(Oc2ccccc2)cc1. The summed E-state index contributed by atoms with van der Waals surface area (Å²) in [6.07, 6.45) is 0. The molecule has 0 radical (unpaired) electrons. The van der Waals surface area contributed by atoms with Crippen LogP contribution in [0.25, 0.3) is 0 Å². The van der Waals surface area contributed by atoms with Crippen molar-refractivity contribution in [1.29, 1.82) is 0 Å². The molecule has 0 saturated heterocycles. The Labute approximate surface area is 223 Å². The highest BCUT2D eigenvalue weighted by Gasteiger charge is 2.27. The zero-order valence-corrected chi connectivity index (χ0v) is 22.1. The van der Waals surface area contributed by atoms with Crippen molar-refractivity contribution in [2.24, 2.45) is 0 Å². The number of ether oxygens (including phenoxy) is 1. The molecule has 36 heavy (non-hydrogen) atoms. The van der Waals surface area contributed by atoms with Gasteiger partial charge < -0.3 is 10.1 Å². The first-order chi connectivity index (χ1) is 17.3. The Balaban J connectivity index is 1.50. The first kappa shape index (κ1) is 25.9. The number of hydrogen-bond donors (Lipinski definition) is 1. The van der Waals surface area contributed by atoms with Gasteiger partial charge in [0.2, 0.25) is 15.9 Å². The van der Waals surface area contributed by atoms with Crippen molar-refractivity contribution in [3.63, 3.8) is 0 Å². The van der Waals surface area contributed by atoms with Crippen LogP contribution in [-0.4, -0.2) is 25.2 Å². The molecule has 0 aliphatic carbocycles. The first-order valence-electron chi connectivity index (χ1n) is 10.9. The lowest BCUT2D eigenvalue weighted by Gasteiger charge is -2.22. The van der Waals surface area contributed by atoms with Crippen molar-refractivity contribution in [1.82, 2.24) is 4.31 Å². The van der Waals surface area contributed by atoms with E-state index in [1.165, 1.54) is 12.1 Å². The molecule has 0 unspecified atom stereocenters. The highest BCUT2D eigenvalue weighted by atomic mass is 79.9. The number of nitrogens with one attached hydrogen (secondary N) is 1. The molecular weight excluding hydrogens is 564 g/mol. The highest BCUT2D eigenvalue weighted by Crippen LogP contribution is 2.25. The number of hydrogen-bond acceptors (Lipinski definition) is 4. The van der Waals surface area contributed by atoms with E-state index in [2.05, 4.69) is 21.2 Å². The van der Waals surface area contributed by atoms with Crippen LogP contribution >= 0.6 is 27.5 Å². The second kappa shape index (κ2) is 11.7. The van der Waals surface area contributed by atoms with Crippen LogP contribution in [0.4, 0.5) is 5.69 Å². The number of amides is 1. The number of anilines is 1. The lowest BCUT2D eigenvalue weighted by molar-refractivity contribution is -0.116. The van der Waals surface area contributed by atoms with Gasteiger partial charge in [0.15, 0.2) is 0 Å². The van der Waals surface area contributed by atoms with Crippen molar-refractivity contribution >= 4 is 49.1 Å². The van der Waals surface area contributed by atoms with Crippen molar-refractivity contribution < 1.29 is 17.9 Å². The van der Waals surface area contributed by atoms with E-state index < -0.39 is 22.5 Å². The summed E-state index contributed by atoms with van der Waals surface area (Å²) >= 11 is 9.60. The Morgan fingerprint density at radius 2 is 1.44 bits per heavy atom. The fourth-order valence-corrected chi connectivity index (χ4v) is 5.22. The number of benzene rings is 4. The van der Waals surface area contributed by atoms with E-state index in [1.807, 2.05) is 30.3 Å². The van der Waals surface area contributed by atoms with E-state index in [1.54, 1.807) is 60.7 Å². The zero-order chi connectivity index (χ0) is 25.5. The summed E-state index contributed by atoms with van der Waals surface area (Å²) in [5, 5.41) is 3.17. The van der Waals surface area contributed by atoms with Gasteiger partial charge >= 0.3 is 0 Å². The minimum Gasteiger partial charge on any atom is -0.457 e. The van der Waals surface area contributed by atoms with Crippen LogP contribution in [0.5, 0.6) is 11.5 Å².